The zero-order valence-electron chi connectivity index (χ0n) is 10.7. The lowest BCUT2D eigenvalue weighted by Gasteiger charge is -2.31. The predicted molar refractivity (Wildman–Crippen MR) is 66.8 cm³/mol. The molecule has 0 spiro atoms. The molecule has 1 aromatic rings. The first-order valence-corrected chi connectivity index (χ1v) is 5.79. The number of carbonyl (C=O) groups excluding carboxylic acids is 2. The molecular formula is C11H15N5O3. The molecule has 0 radical (unpaired) electrons. The van der Waals surface area contributed by atoms with Gasteiger partial charge in [-0.15, -0.1) is 0 Å². The largest absolute Gasteiger partial charge is 0.491 e. The van der Waals surface area contributed by atoms with E-state index in [1.807, 2.05) is 6.92 Å². The molecule has 0 bridgehead atoms. The first kappa shape index (κ1) is 13.1. The highest BCUT2D eigenvalue weighted by Gasteiger charge is 2.26. The van der Waals surface area contributed by atoms with Crippen molar-refractivity contribution < 1.29 is 14.3 Å². The predicted octanol–water partition coefficient (Wildman–Crippen LogP) is -0.163. The van der Waals surface area contributed by atoms with Crippen LogP contribution in [0.4, 0.5) is 10.6 Å². The molecule has 1 aliphatic rings. The van der Waals surface area contributed by atoms with Crippen LogP contribution in [0.25, 0.3) is 0 Å². The summed E-state index contributed by atoms with van der Waals surface area (Å²) in [4.78, 5) is 32.6. The number of urea groups is 1. The van der Waals surface area contributed by atoms with Gasteiger partial charge in [0.05, 0.1) is 13.3 Å². The Morgan fingerprint density at radius 2 is 2.42 bits per heavy atom. The number of rotatable bonds is 2. The van der Waals surface area contributed by atoms with Crippen LogP contribution in [0, 0.1) is 0 Å². The lowest BCUT2D eigenvalue weighted by atomic mass is 10.2. The van der Waals surface area contributed by atoms with Gasteiger partial charge in [-0.2, -0.15) is 0 Å². The molecule has 8 nitrogen and oxygen atoms in total. The fourth-order valence-corrected chi connectivity index (χ4v) is 1.83. The second-order valence-corrected chi connectivity index (χ2v) is 4.22. The molecule has 2 rings (SSSR count). The van der Waals surface area contributed by atoms with Gasteiger partial charge in [0.1, 0.15) is 12.9 Å². The van der Waals surface area contributed by atoms with Crippen LogP contribution < -0.4 is 15.4 Å². The maximum absolute atomic E-state index is 12.0. The fourth-order valence-electron chi connectivity index (χ4n) is 1.83. The molecule has 19 heavy (non-hydrogen) atoms. The third kappa shape index (κ3) is 3.09. The summed E-state index contributed by atoms with van der Waals surface area (Å²) in [5.41, 5.74) is 0. The van der Waals surface area contributed by atoms with Gasteiger partial charge in [0.25, 0.3) is 0 Å². The number of hydrogen-bond acceptors (Lipinski definition) is 5. The zero-order valence-corrected chi connectivity index (χ0v) is 10.7. The van der Waals surface area contributed by atoms with Crippen LogP contribution in [0.3, 0.4) is 0 Å². The summed E-state index contributed by atoms with van der Waals surface area (Å²) in [6.07, 6.45) is 2.76. The van der Waals surface area contributed by atoms with E-state index >= 15 is 0 Å². The fraction of sp³-hybridized carbons (Fsp3) is 0.455. The maximum Gasteiger partial charge on any atom is 0.323 e. The Kier molecular flexibility index (Phi) is 3.79. The number of anilines is 1. The Bertz CT molecular complexity index is 493. The summed E-state index contributed by atoms with van der Waals surface area (Å²) in [6.45, 7) is 2.32. The van der Waals surface area contributed by atoms with Crippen LogP contribution in [-0.2, 0) is 4.79 Å². The number of hydrogen-bond donors (Lipinski definition) is 2. The van der Waals surface area contributed by atoms with Crippen LogP contribution >= 0.6 is 0 Å². The van der Waals surface area contributed by atoms with E-state index in [2.05, 4.69) is 20.6 Å². The summed E-state index contributed by atoms with van der Waals surface area (Å²) in [5, 5.41) is 5.34. The van der Waals surface area contributed by atoms with Crippen LogP contribution in [0.1, 0.15) is 6.92 Å². The van der Waals surface area contributed by atoms with E-state index in [4.69, 9.17) is 4.74 Å². The highest BCUT2D eigenvalue weighted by Crippen LogP contribution is 2.19. The SMILES string of the molecule is COc1cncnc1NC(=O)N1CC(=O)NC(C)C1. The van der Waals surface area contributed by atoms with Crippen molar-refractivity contribution in [2.75, 3.05) is 25.5 Å². The number of aromatic nitrogens is 2. The summed E-state index contributed by atoms with van der Waals surface area (Å²) in [7, 11) is 1.46. The van der Waals surface area contributed by atoms with Crippen molar-refractivity contribution in [3.05, 3.63) is 12.5 Å². The van der Waals surface area contributed by atoms with Crippen molar-refractivity contribution in [1.82, 2.24) is 20.2 Å². The van der Waals surface area contributed by atoms with E-state index in [1.165, 1.54) is 24.5 Å². The third-order valence-electron chi connectivity index (χ3n) is 2.65. The molecule has 0 saturated carbocycles. The van der Waals surface area contributed by atoms with E-state index in [-0.39, 0.29) is 24.3 Å². The van der Waals surface area contributed by atoms with Gasteiger partial charge in [0, 0.05) is 12.6 Å². The first-order chi connectivity index (χ1) is 9.10. The lowest BCUT2D eigenvalue weighted by Crippen LogP contribution is -2.55. The summed E-state index contributed by atoms with van der Waals surface area (Å²) < 4.78 is 5.04. The minimum atomic E-state index is -0.390. The molecule has 0 aliphatic carbocycles. The van der Waals surface area contributed by atoms with Gasteiger partial charge in [-0.05, 0) is 6.92 Å². The van der Waals surface area contributed by atoms with E-state index in [9.17, 15) is 9.59 Å². The van der Waals surface area contributed by atoms with E-state index < -0.39 is 6.03 Å². The monoisotopic (exact) mass is 265 g/mol. The van der Waals surface area contributed by atoms with Crippen molar-refractivity contribution in [3.8, 4) is 5.75 Å². The first-order valence-electron chi connectivity index (χ1n) is 5.79. The molecule has 1 unspecified atom stereocenters. The van der Waals surface area contributed by atoms with E-state index in [0.717, 1.165) is 0 Å². The van der Waals surface area contributed by atoms with Crippen molar-refractivity contribution in [2.24, 2.45) is 0 Å². The molecule has 1 atom stereocenters. The molecule has 3 amide bonds. The maximum atomic E-state index is 12.0. The molecule has 1 saturated heterocycles. The highest BCUT2D eigenvalue weighted by atomic mass is 16.5. The van der Waals surface area contributed by atoms with Crippen LogP contribution in [-0.4, -0.2) is 53.0 Å². The minimum absolute atomic E-state index is 0.0313. The molecule has 1 aromatic heterocycles. The molecule has 2 N–H and O–H groups in total. The number of amides is 3. The topological polar surface area (TPSA) is 96.5 Å². The standard InChI is InChI=1S/C11H15N5O3/c1-7-4-16(5-9(17)14-7)11(18)15-10-8(19-2)3-12-6-13-10/h3,6-7H,4-5H2,1-2H3,(H,14,17)(H,12,13,15,18). The minimum Gasteiger partial charge on any atom is -0.491 e. The Morgan fingerprint density at radius 3 is 3.11 bits per heavy atom. The lowest BCUT2D eigenvalue weighted by molar-refractivity contribution is -0.124. The number of piperazine rings is 1. The van der Waals surface area contributed by atoms with Gasteiger partial charge in [-0.25, -0.2) is 14.8 Å². The molecular weight excluding hydrogens is 250 g/mol. The molecule has 102 valence electrons. The van der Waals surface area contributed by atoms with Crippen molar-refractivity contribution >= 4 is 17.8 Å². The number of nitrogens with one attached hydrogen (secondary N) is 2. The molecule has 1 fully saturated rings. The van der Waals surface area contributed by atoms with Crippen LogP contribution in [0.2, 0.25) is 0 Å². The summed E-state index contributed by atoms with van der Waals surface area (Å²) >= 11 is 0. The highest BCUT2D eigenvalue weighted by molar-refractivity contribution is 5.93. The zero-order chi connectivity index (χ0) is 13.8. The second-order valence-electron chi connectivity index (χ2n) is 4.22. The molecule has 2 heterocycles. The third-order valence-corrected chi connectivity index (χ3v) is 2.65. The Balaban J connectivity index is 2.06. The molecule has 8 heteroatoms. The Labute approximate surface area is 110 Å². The van der Waals surface area contributed by atoms with Gasteiger partial charge in [-0.1, -0.05) is 0 Å². The van der Waals surface area contributed by atoms with Crippen molar-refractivity contribution in [2.45, 2.75) is 13.0 Å². The van der Waals surface area contributed by atoms with Crippen molar-refractivity contribution in [3.63, 3.8) is 0 Å². The quantitative estimate of drug-likeness (QED) is 0.774. The van der Waals surface area contributed by atoms with Gasteiger partial charge in [0.15, 0.2) is 11.6 Å². The van der Waals surface area contributed by atoms with Gasteiger partial charge >= 0.3 is 6.03 Å². The van der Waals surface area contributed by atoms with Crippen molar-refractivity contribution in [1.29, 1.82) is 0 Å². The number of nitrogens with zero attached hydrogens (tertiary/aromatic N) is 3. The van der Waals surface area contributed by atoms with Crippen LogP contribution in [0.5, 0.6) is 5.75 Å². The normalized spacial score (nSPS) is 18.7. The number of methoxy groups -OCH3 is 1. The van der Waals surface area contributed by atoms with E-state index in [1.54, 1.807) is 0 Å². The number of carbonyl (C=O) groups is 2. The van der Waals surface area contributed by atoms with Crippen LogP contribution in [0.15, 0.2) is 12.5 Å². The Hall–Kier alpha value is -2.38. The Morgan fingerprint density at radius 1 is 1.63 bits per heavy atom. The summed E-state index contributed by atoms with van der Waals surface area (Å²) in [5.74, 6) is 0.468. The average Bonchev–Trinajstić information content (AvgIpc) is 2.38. The second kappa shape index (κ2) is 5.51. The van der Waals surface area contributed by atoms with E-state index in [0.29, 0.717) is 12.3 Å². The van der Waals surface area contributed by atoms with Gasteiger partial charge in [0.2, 0.25) is 5.91 Å². The summed E-state index contributed by atoms with van der Waals surface area (Å²) in [6, 6.07) is -0.460. The van der Waals surface area contributed by atoms with Gasteiger partial charge < -0.3 is 15.0 Å². The average molecular weight is 265 g/mol. The molecule has 1 aliphatic heterocycles. The number of ether oxygens (including phenoxy) is 1. The smallest absolute Gasteiger partial charge is 0.323 e. The molecule has 0 aromatic carbocycles. The van der Waals surface area contributed by atoms with Gasteiger partial charge in [-0.3, -0.25) is 10.1 Å².